The van der Waals surface area contributed by atoms with Gasteiger partial charge >= 0.3 is 17.1 Å². The van der Waals surface area contributed by atoms with E-state index in [1.807, 2.05) is 37.0 Å². The molecule has 0 aromatic carbocycles. The van der Waals surface area contributed by atoms with Crippen molar-refractivity contribution in [3.63, 3.8) is 0 Å². The van der Waals surface area contributed by atoms with Crippen molar-refractivity contribution in [2.45, 2.75) is 169 Å². The molecular formula is C50H78MnN8O2. The average Bonchev–Trinajstić information content (AvgIpc) is 4.00. The van der Waals surface area contributed by atoms with Gasteiger partial charge in [-0.25, -0.2) is 0 Å². The molecule has 61 heavy (non-hydrogen) atoms. The minimum Gasteiger partial charge on any atom is -0.659 e. The summed E-state index contributed by atoms with van der Waals surface area (Å²) in [7, 11) is 0. The molecule has 2 aliphatic heterocycles. The zero-order valence-corrected chi connectivity index (χ0v) is 41.6. The number of aromatic nitrogens is 4. The molecule has 0 aliphatic carbocycles. The van der Waals surface area contributed by atoms with E-state index in [1.165, 1.54) is 25.7 Å². The van der Waals surface area contributed by atoms with Crippen LogP contribution in [0.2, 0.25) is 0 Å². The van der Waals surface area contributed by atoms with Crippen molar-refractivity contribution >= 4 is 24.9 Å². The zero-order valence-electron chi connectivity index (χ0n) is 40.5. The van der Waals surface area contributed by atoms with Crippen LogP contribution >= 0.6 is 0 Å². The third-order valence-electron chi connectivity index (χ3n) is 9.37. The second-order valence-electron chi connectivity index (χ2n) is 20.8. The van der Waals surface area contributed by atoms with Gasteiger partial charge in [-0.05, 0) is 133 Å². The van der Waals surface area contributed by atoms with E-state index in [4.69, 9.17) is 19.4 Å². The Kier molecular flexibility index (Phi) is 20.2. The summed E-state index contributed by atoms with van der Waals surface area (Å²) in [6.45, 7) is 37.7. The summed E-state index contributed by atoms with van der Waals surface area (Å²) in [5.74, 6) is 0. The summed E-state index contributed by atoms with van der Waals surface area (Å²) >= 11 is 0. The van der Waals surface area contributed by atoms with E-state index in [0.29, 0.717) is 0 Å². The van der Waals surface area contributed by atoms with Gasteiger partial charge in [-0.1, -0.05) is 52.0 Å². The van der Waals surface area contributed by atoms with Crippen LogP contribution < -0.4 is 9.97 Å². The molecule has 0 spiro atoms. The molecule has 2 N–H and O–H groups in total. The van der Waals surface area contributed by atoms with Gasteiger partial charge in [0.15, 0.2) is 0 Å². The van der Waals surface area contributed by atoms with Gasteiger partial charge in [0.05, 0.1) is 33.5 Å². The van der Waals surface area contributed by atoms with Gasteiger partial charge in [0.1, 0.15) is 0 Å². The summed E-state index contributed by atoms with van der Waals surface area (Å²) in [6.07, 6.45) is 12.6. The van der Waals surface area contributed by atoms with Crippen molar-refractivity contribution in [1.29, 1.82) is 0 Å². The number of aliphatic imine (C=N–C) groups is 4. The molecular weight excluding hydrogens is 800 g/mol. The molecule has 0 amide bonds. The van der Waals surface area contributed by atoms with Crippen LogP contribution in [0.3, 0.4) is 0 Å². The Morgan fingerprint density at radius 1 is 0.426 bits per heavy atom. The minimum atomic E-state index is -0.207. The SMILES string of the molecule is C1CCOC1.C1CCOC1.CC(C)(C)N=Cc1ccc(C(C)(C)c2ccc(C=NC(C)(C)C)[nH]2)[n-]1.CC(C)(C)N=Cc1ccc(C(C)(C)c2ccc(C=NC(C)(C)C)[nH]2)[n-]1.[Mn+2]. The van der Waals surface area contributed by atoms with Crippen molar-refractivity contribution in [3.8, 4) is 0 Å². The Balaban J connectivity index is 0.000000335. The van der Waals surface area contributed by atoms with Crippen molar-refractivity contribution in [1.82, 2.24) is 19.9 Å². The molecule has 6 rings (SSSR count). The first kappa shape index (κ1) is 53.4. The van der Waals surface area contributed by atoms with Crippen molar-refractivity contribution < 1.29 is 26.5 Å². The molecule has 11 heteroatoms. The summed E-state index contributed by atoms with van der Waals surface area (Å²) in [6, 6.07) is 16.6. The normalized spacial score (nSPS) is 15.5. The molecule has 1 radical (unpaired) electrons. The molecule has 2 fully saturated rings. The van der Waals surface area contributed by atoms with E-state index in [0.717, 1.165) is 72.0 Å². The van der Waals surface area contributed by atoms with E-state index in [1.54, 1.807) is 0 Å². The van der Waals surface area contributed by atoms with Crippen LogP contribution in [0.15, 0.2) is 68.5 Å². The third kappa shape index (κ3) is 20.3. The van der Waals surface area contributed by atoms with Gasteiger partial charge in [-0.3, -0.25) is 20.0 Å². The number of H-pyrrole nitrogens is 2. The first-order chi connectivity index (χ1) is 27.7. The predicted molar refractivity (Wildman–Crippen MR) is 255 cm³/mol. The van der Waals surface area contributed by atoms with Gasteiger partial charge < -0.3 is 29.4 Å². The van der Waals surface area contributed by atoms with Crippen LogP contribution in [0.1, 0.15) is 182 Å². The number of ether oxygens (including phenoxy) is 2. The van der Waals surface area contributed by atoms with Crippen molar-refractivity contribution in [2.75, 3.05) is 26.4 Å². The maximum absolute atomic E-state index is 4.94. The standard InChI is InChI=1S/2C21H31N4.2C4H8O.Mn/c2*1-19(2,3)22-13-15-9-11-17(24-15)21(7,8)18-12-10-16(25-18)14-23-20(4,5)6;2*1-2-4-5-3-1;/h2*9-14,24H,1-8H3;2*1-4H2;/q2*-1;;;+2. The molecule has 2 saturated heterocycles. The predicted octanol–water partition coefficient (Wildman–Crippen LogP) is 11.1. The number of nitrogens with zero attached hydrogens (tertiary/aromatic N) is 6. The zero-order chi connectivity index (χ0) is 44.8. The largest absolute Gasteiger partial charge is 2.00 e. The second-order valence-corrected chi connectivity index (χ2v) is 20.8. The number of rotatable bonds is 8. The van der Waals surface area contributed by atoms with Crippen LogP contribution in [-0.2, 0) is 37.4 Å². The number of aromatic amines is 2. The average molecular weight is 878 g/mol. The van der Waals surface area contributed by atoms with E-state index in [9.17, 15) is 0 Å². The van der Waals surface area contributed by atoms with Crippen LogP contribution in [0.25, 0.3) is 0 Å². The minimum absolute atomic E-state index is 0. The fourth-order valence-corrected chi connectivity index (χ4v) is 5.64. The Morgan fingerprint density at radius 2 is 0.721 bits per heavy atom. The maximum atomic E-state index is 4.94. The number of hydrogen-bond donors (Lipinski definition) is 2. The van der Waals surface area contributed by atoms with E-state index < -0.39 is 0 Å². The van der Waals surface area contributed by atoms with E-state index in [-0.39, 0.29) is 50.1 Å². The first-order valence-electron chi connectivity index (χ1n) is 21.8. The van der Waals surface area contributed by atoms with Gasteiger partial charge in [0.2, 0.25) is 0 Å². The van der Waals surface area contributed by atoms with Gasteiger partial charge in [-0.2, -0.15) is 0 Å². The summed E-state index contributed by atoms with van der Waals surface area (Å²) in [5, 5.41) is 0. The number of nitrogens with one attached hydrogen (secondary N) is 2. The third-order valence-corrected chi connectivity index (χ3v) is 9.37. The molecule has 4 aromatic heterocycles. The molecule has 10 nitrogen and oxygen atoms in total. The monoisotopic (exact) mass is 878 g/mol. The van der Waals surface area contributed by atoms with Crippen molar-refractivity contribution in [3.05, 3.63) is 94.1 Å². The molecule has 0 atom stereocenters. The van der Waals surface area contributed by atoms with Crippen LogP contribution in [-0.4, -0.2) is 83.4 Å². The topological polar surface area (TPSA) is 128 Å². The van der Waals surface area contributed by atoms with Crippen molar-refractivity contribution in [2.24, 2.45) is 20.0 Å². The molecule has 4 aromatic rings. The van der Waals surface area contributed by atoms with Gasteiger partial charge in [-0.15, -0.1) is 22.8 Å². The fraction of sp³-hybridized carbons (Fsp3) is 0.600. The molecule has 337 valence electrons. The maximum Gasteiger partial charge on any atom is 2.00 e. The van der Waals surface area contributed by atoms with E-state index in [2.05, 4.69) is 177 Å². The van der Waals surface area contributed by atoms with Crippen LogP contribution in [0.4, 0.5) is 0 Å². The molecule has 0 unspecified atom stereocenters. The second kappa shape index (κ2) is 23.1. The Morgan fingerprint density at radius 3 is 0.984 bits per heavy atom. The molecule has 2 aliphatic rings. The Bertz CT molecular complexity index is 1680. The Hall–Kier alpha value is -3.76. The van der Waals surface area contributed by atoms with Crippen LogP contribution in [0.5, 0.6) is 0 Å². The van der Waals surface area contributed by atoms with E-state index >= 15 is 0 Å². The van der Waals surface area contributed by atoms with Gasteiger partial charge in [0, 0.05) is 73.5 Å². The molecule has 0 saturated carbocycles. The molecule has 0 bridgehead atoms. The fourth-order valence-electron chi connectivity index (χ4n) is 5.64. The summed E-state index contributed by atoms with van der Waals surface area (Å²) < 4.78 is 9.89. The van der Waals surface area contributed by atoms with Crippen LogP contribution in [0, 0.1) is 0 Å². The quantitative estimate of drug-likeness (QED) is 0.135. The number of hydrogen-bond acceptors (Lipinski definition) is 6. The first-order valence-corrected chi connectivity index (χ1v) is 21.8. The van der Waals surface area contributed by atoms with Gasteiger partial charge in [0.25, 0.3) is 0 Å². The smallest absolute Gasteiger partial charge is 0.659 e. The summed E-state index contributed by atoms with van der Waals surface area (Å²) in [4.78, 5) is 34.6. The summed E-state index contributed by atoms with van der Waals surface area (Å²) in [5.41, 5.74) is 7.41. The Labute approximate surface area is 379 Å². The molecule has 6 heterocycles.